The lowest BCUT2D eigenvalue weighted by Crippen LogP contribution is -2.58. The average molecular weight is 360 g/mol. The van der Waals surface area contributed by atoms with Crippen molar-refractivity contribution in [1.82, 2.24) is 0 Å². The van der Waals surface area contributed by atoms with Crippen LogP contribution in [0, 0.1) is 10.1 Å². The Kier molecular flexibility index (Phi) is 3.82. The highest BCUT2D eigenvalue weighted by molar-refractivity contribution is 6.07. The Morgan fingerprint density at radius 2 is 1.77 bits per heavy atom. The van der Waals surface area contributed by atoms with Gasteiger partial charge in [0, 0.05) is 6.07 Å². The maximum Gasteiger partial charge on any atom is 0.297 e. The van der Waals surface area contributed by atoms with Crippen molar-refractivity contribution in [1.29, 1.82) is 0 Å². The minimum atomic E-state index is -0.761. The molecule has 2 aliphatic heterocycles. The van der Waals surface area contributed by atoms with Crippen LogP contribution in [0.2, 0.25) is 0 Å². The first kappa shape index (κ1) is 16.4. The zero-order valence-corrected chi connectivity index (χ0v) is 14.2. The van der Waals surface area contributed by atoms with Crippen molar-refractivity contribution in [2.75, 3.05) is 18.1 Å². The lowest BCUT2D eigenvalue weighted by molar-refractivity contribution is -0.384. The molecule has 0 aromatic heterocycles. The average Bonchev–Trinajstić information content (AvgIpc) is 2.61. The van der Waals surface area contributed by atoms with E-state index in [1.54, 1.807) is 11.0 Å². The molecule has 2 heterocycles. The van der Waals surface area contributed by atoms with Crippen molar-refractivity contribution in [2.24, 2.45) is 21.5 Å². The summed E-state index contributed by atoms with van der Waals surface area (Å²) in [6.07, 6.45) is 4.31. The van der Waals surface area contributed by atoms with E-state index in [4.69, 9.17) is 20.9 Å². The van der Waals surface area contributed by atoms with Crippen molar-refractivity contribution in [3.05, 3.63) is 22.2 Å². The maximum atomic E-state index is 11.7. The Morgan fingerprint density at radius 1 is 1.12 bits per heavy atom. The van der Waals surface area contributed by atoms with E-state index in [9.17, 15) is 10.1 Å². The Balaban J connectivity index is 1.89. The van der Waals surface area contributed by atoms with Crippen LogP contribution in [0.1, 0.15) is 32.1 Å². The fourth-order valence-corrected chi connectivity index (χ4v) is 3.86. The second-order valence-electron chi connectivity index (χ2n) is 6.56. The largest absolute Gasteiger partial charge is 0.486 e. The maximum absolute atomic E-state index is 11.7. The third-order valence-corrected chi connectivity index (χ3v) is 4.93. The van der Waals surface area contributed by atoms with E-state index < -0.39 is 10.6 Å². The summed E-state index contributed by atoms with van der Waals surface area (Å²) in [4.78, 5) is 21.5. The third-order valence-electron chi connectivity index (χ3n) is 4.93. The van der Waals surface area contributed by atoms with Gasteiger partial charge in [-0.1, -0.05) is 6.42 Å². The van der Waals surface area contributed by atoms with Gasteiger partial charge in [0.1, 0.15) is 24.6 Å². The molecule has 0 amide bonds. The standard InChI is InChI=1S/C16H20N6O4/c17-14-19-15(18)21(16(20-14)4-2-1-3-5-16)10-8-12-13(26-7-6-25-12)9-11(10)22(23)24/h8-9H,1-7H2,(H4,17,18,19,20). The molecule has 0 saturated heterocycles. The number of nitro benzene ring substituents is 1. The van der Waals surface area contributed by atoms with Crippen LogP contribution in [0.15, 0.2) is 22.1 Å². The van der Waals surface area contributed by atoms with Gasteiger partial charge in [0.25, 0.3) is 5.69 Å². The molecule has 3 aliphatic rings. The third kappa shape index (κ3) is 2.57. The lowest BCUT2D eigenvalue weighted by atomic mass is 9.87. The monoisotopic (exact) mass is 360 g/mol. The van der Waals surface area contributed by atoms with Crippen molar-refractivity contribution < 1.29 is 14.4 Å². The van der Waals surface area contributed by atoms with E-state index in [-0.39, 0.29) is 17.6 Å². The predicted molar refractivity (Wildman–Crippen MR) is 95.6 cm³/mol. The second-order valence-corrected chi connectivity index (χ2v) is 6.56. The normalized spacial score (nSPS) is 21.2. The minimum absolute atomic E-state index is 0.0965. The van der Waals surface area contributed by atoms with E-state index in [2.05, 4.69) is 9.98 Å². The number of nitrogens with two attached hydrogens (primary N) is 2. The van der Waals surface area contributed by atoms with Gasteiger partial charge >= 0.3 is 0 Å². The number of nitro groups is 1. The molecule has 0 radical (unpaired) electrons. The van der Waals surface area contributed by atoms with Gasteiger partial charge in [-0.15, -0.1) is 0 Å². The summed E-state index contributed by atoms with van der Waals surface area (Å²) in [5.41, 5.74) is 11.4. The quantitative estimate of drug-likeness (QED) is 0.601. The molecule has 0 bridgehead atoms. The zero-order chi connectivity index (χ0) is 18.3. The van der Waals surface area contributed by atoms with E-state index >= 15 is 0 Å². The molecule has 0 unspecified atom stereocenters. The Hall–Kier alpha value is -3.04. The second kappa shape index (κ2) is 6.04. The van der Waals surface area contributed by atoms with E-state index in [1.807, 2.05) is 0 Å². The summed E-state index contributed by atoms with van der Waals surface area (Å²) in [7, 11) is 0. The number of nitrogens with zero attached hydrogens (tertiary/aromatic N) is 4. The van der Waals surface area contributed by atoms with Crippen LogP contribution >= 0.6 is 0 Å². The van der Waals surface area contributed by atoms with E-state index in [1.165, 1.54) is 6.07 Å². The number of hydrogen-bond acceptors (Lipinski definition) is 9. The molecule has 138 valence electrons. The minimum Gasteiger partial charge on any atom is -0.486 e. The summed E-state index contributed by atoms with van der Waals surface area (Å²) in [6, 6.07) is 2.96. The summed E-state index contributed by atoms with van der Waals surface area (Å²) in [5, 5.41) is 11.7. The van der Waals surface area contributed by atoms with Crippen LogP contribution < -0.4 is 25.8 Å². The van der Waals surface area contributed by atoms with E-state index in [0.717, 1.165) is 19.3 Å². The van der Waals surface area contributed by atoms with E-state index in [0.29, 0.717) is 43.2 Å². The SMILES string of the molecule is NC1=NC2(CCCCC2)N(c2cc3c(cc2[N+](=O)[O-])OCCO3)C(N)=N1. The zero-order valence-electron chi connectivity index (χ0n) is 14.2. The van der Waals surface area contributed by atoms with Crippen LogP contribution in [0.5, 0.6) is 11.5 Å². The summed E-state index contributed by atoms with van der Waals surface area (Å²) >= 11 is 0. The molecule has 1 fully saturated rings. The predicted octanol–water partition coefficient (Wildman–Crippen LogP) is 1.48. The first-order valence-electron chi connectivity index (χ1n) is 8.58. The lowest BCUT2D eigenvalue weighted by Gasteiger charge is -2.45. The first-order valence-corrected chi connectivity index (χ1v) is 8.58. The molecule has 10 nitrogen and oxygen atoms in total. The molecule has 26 heavy (non-hydrogen) atoms. The highest BCUT2D eigenvalue weighted by atomic mass is 16.6. The van der Waals surface area contributed by atoms with Gasteiger partial charge in [-0.05, 0) is 25.7 Å². The van der Waals surface area contributed by atoms with Gasteiger partial charge in [0.2, 0.25) is 11.9 Å². The molecule has 0 atom stereocenters. The number of benzene rings is 1. The summed E-state index contributed by atoms with van der Waals surface area (Å²) in [5.74, 6) is 0.984. The first-order chi connectivity index (χ1) is 12.5. The molecule has 4 N–H and O–H groups in total. The van der Waals surface area contributed by atoms with Crippen molar-refractivity contribution in [2.45, 2.75) is 37.8 Å². The number of rotatable bonds is 2. The van der Waals surface area contributed by atoms with Crippen molar-refractivity contribution in [3.63, 3.8) is 0 Å². The molecule has 1 spiro atoms. The van der Waals surface area contributed by atoms with Crippen LogP contribution in [0.4, 0.5) is 11.4 Å². The Bertz CT molecular complexity index is 815. The number of hydrogen-bond donors (Lipinski definition) is 2. The molecule has 1 aromatic rings. The molecule has 10 heteroatoms. The van der Waals surface area contributed by atoms with Crippen molar-refractivity contribution >= 4 is 23.3 Å². The molecule has 1 aliphatic carbocycles. The smallest absolute Gasteiger partial charge is 0.297 e. The molecule has 1 saturated carbocycles. The summed E-state index contributed by atoms with van der Waals surface area (Å²) < 4.78 is 11.1. The van der Waals surface area contributed by atoms with Gasteiger partial charge in [0.05, 0.1) is 11.0 Å². The number of guanidine groups is 2. The fraction of sp³-hybridized carbons (Fsp3) is 0.500. The number of ether oxygens (including phenoxy) is 2. The topological polar surface area (TPSA) is 142 Å². The van der Waals surface area contributed by atoms with Gasteiger partial charge < -0.3 is 20.9 Å². The fourth-order valence-electron chi connectivity index (χ4n) is 3.86. The number of anilines is 1. The van der Waals surface area contributed by atoms with Gasteiger partial charge in [-0.3, -0.25) is 15.0 Å². The summed E-state index contributed by atoms with van der Waals surface area (Å²) in [6.45, 7) is 0.728. The van der Waals surface area contributed by atoms with Crippen molar-refractivity contribution in [3.8, 4) is 11.5 Å². The van der Waals surface area contributed by atoms with Crippen LogP contribution in [-0.2, 0) is 0 Å². The Morgan fingerprint density at radius 3 is 2.42 bits per heavy atom. The van der Waals surface area contributed by atoms with Gasteiger partial charge in [-0.2, -0.15) is 4.99 Å². The molecule has 1 aromatic carbocycles. The van der Waals surface area contributed by atoms with Crippen LogP contribution in [0.25, 0.3) is 0 Å². The van der Waals surface area contributed by atoms with Crippen LogP contribution in [0.3, 0.4) is 0 Å². The van der Waals surface area contributed by atoms with Gasteiger partial charge in [-0.25, -0.2) is 4.99 Å². The Labute approximate surface area is 149 Å². The number of aliphatic imine (C=N–C) groups is 2. The number of fused-ring (bicyclic) bond motifs is 1. The molecular formula is C16H20N6O4. The van der Waals surface area contributed by atoms with Crippen LogP contribution in [-0.4, -0.2) is 35.7 Å². The highest BCUT2D eigenvalue weighted by Gasteiger charge is 2.45. The van der Waals surface area contributed by atoms with Gasteiger partial charge in [0.15, 0.2) is 11.5 Å². The molecule has 4 rings (SSSR count). The highest BCUT2D eigenvalue weighted by Crippen LogP contribution is 2.46. The molecular weight excluding hydrogens is 340 g/mol.